The van der Waals surface area contributed by atoms with Gasteiger partial charge < -0.3 is 15.2 Å². The smallest absolute Gasteiger partial charge is 0.340 e. The molecule has 1 saturated heterocycles. The molecule has 20 heavy (non-hydrogen) atoms. The molecule has 4 nitrogen and oxygen atoms in total. The molecular formula is C16H21NO3. The van der Waals surface area contributed by atoms with E-state index in [1.165, 1.54) is 6.42 Å². The molecule has 0 spiro atoms. The second-order valence-electron chi connectivity index (χ2n) is 5.80. The zero-order valence-corrected chi connectivity index (χ0v) is 11.5. The molecule has 3 rings (SSSR count). The number of hydrogen-bond donors (Lipinski definition) is 2. The molecule has 0 unspecified atom stereocenters. The minimum atomic E-state index is -1.32. The Balaban J connectivity index is 1.75. The van der Waals surface area contributed by atoms with Crippen LogP contribution < -0.4 is 5.32 Å². The summed E-state index contributed by atoms with van der Waals surface area (Å²) >= 11 is 0. The Morgan fingerprint density at radius 3 is 2.80 bits per heavy atom. The van der Waals surface area contributed by atoms with Gasteiger partial charge in [-0.2, -0.15) is 0 Å². The maximum Gasteiger partial charge on any atom is 0.340 e. The van der Waals surface area contributed by atoms with E-state index < -0.39 is 11.8 Å². The molecule has 108 valence electrons. The number of carbonyl (C=O) groups is 1. The number of benzene rings is 1. The first kappa shape index (κ1) is 13.6. The van der Waals surface area contributed by atoms with Gasteiger partial charge in [0.25, 0.3) is 0 Å². The predicted octanol–water partition coefficient (Wildman–Crippen LogP) is 2.08. The predicted molar refractivity (Wildman–Crippen MR) is 75.2 cm³/mol. The zero-order chi connectivity index (χ0) is 14.0. The van der Waals surface area contributed by atoms with Crippen molar-refractivity contribution < 1.29 is 14.6 Å². The van der Waals surface area contributed by atoms with Crippen molar-refractivity contribution in [2.75, 3.05) is 6.54 Å². The third kappa shape index (κ3) is 2.58. The fraction of sp³-hybridized carbons (Fsp3) is 0.562. The molecule has 1 aromatic carbocycles. The van der Waals surface area contributed by atoms with Gasteiger partial charge >= 0.3 is 5.97 Å². The Bertz CT molecular complexity index is 474. The Morgan fingerprint density at radius 1 is 1.25 bits per heavy atom. The van der Waals surface area contributed by atoms with Crippen LogP contribution in [0.4, 0.5) is 0 Å². The number of hydrogen-bond acceptors (Lipinski definition) is 4. The summed E-state index contributed by atoms with van der Waals surface area (Å²) in [4.78, 5) is 12.2. The van der Waals surface area contributed by atoms with Gasteiger partial charge in [0.05, 0.1) is 5.56 Å². The van der Waals surface area contributed by atoms with E-state index in [4.69, 9.17) is 4.74 Å². The normalized spacial score (nSPS) is 33.2. The number of esters is 1. The quantitative estimate of drug-likeness (QED) is 0.641. The molecule has 2 aliphatic rings. The van der Waals surface area contributed by atoms with Crippen molar-refractivity contribution in [2.45, 2.75) is 43.9 Å². The highest BCUT2D eigenvalue weighted by molar-refractivity contribution is 5.89. The molecule has 2 fully saturated rings. The Kier molecular flexibility index (Phi) is 3.76. The van der Waals surface area contributed by atoms with Crippen LogP contribution in [0.1, 0.15) is 42.5 Å². The van der Waals surface area contributed by atoms with Gasteiger partial charge in [-0.1, -0.05) is 31.0 Å². The number of carbonyl (C=O) groups excluding carboxylic acids is 1. The summed E-state index contributed by atoms with van der Waals surface area (Å²) in [5, 5.41) is 14.3. The first-order valence-corrected chi connectivity index (χ1v) is 7.43. The summed E-state index contributed by atoms with van der Waals surface area (Å²) in [6.45, 7) is 0.694. The Morgan fingerprint density at radius 2 is 2.00 bits per heavy atom. The number of ether oxygens (including phenoxy) is 1. The molecule has 1 aliphatic carbocycles. The minimum absolute atomic E-state index is 0.0117. The average Bonchev–Trinajstić information content (AvgIpc) is 2.48. The lowest BCUT2D eigenvalue weighted by Crippen LogP contribution is -2.59. The first-order chi connectivity index (χ1) is 9.69. The van der Waals surface area contributed by atoms with Gasteiger partial charge in [-0.05, 0) is 25.0 Å². The van der Waals surface area contributed by atoms with Crippen LogP contribution in [0.2, 0.25) is 0 Å². The van der Waals surface area contributed by atoms with Crippen LogP contribution in [0.5, 0.6) is 0 Å². The highest BCUT2D eigenvalue weighted by Gasteiger charge is 2.48. The monoisotopic (exact) mass is 275 g/mol. The molecule has 4 heteroatoms. The van der Waals surface area contributed by atoms with Crippen LogP contribution in [0.3, 0.4) is 0 Å². The summed E-state index contributed by atoms with van der Waals surface area (Å²) in [6, 6.07) is 9.15. The van der Waals surface area contributed by atoms with Gasteiger partial charge in [-0.3, -0.25) is 0 Å². The van der Waals surface area contributed by atoms with E-state index in [9.17, 15) is 9.90 Å². The van der Waals surface area contributed by atoms with Crippen molar-refractivity contribution in [3.8, 4) is 0 Å². The maximum atomic E-state index is 12.2. The van der Waals surface area contributed by atoms with E-state index in [2.05, 4.69) is 5.32 Å². The molecule has 1 aromatic rings. The Hall–Kier alpha value is -1.39. The molecule has 2 N–H and O–H groups in total. The summed E-state index contributed by atoms with van der Waals surface area (Å²) in [5.41, 5.74) is 0.492. The molecule has 0 bridgehead atoms. The summed E-state index contributed by atoms with van der Waals surface area (Å²) in [5.74, 6) is -1.74. The van der Waals surface area contributed by atoms with E-state index in [0.29, 0.717) is 18.5 Å². The van der Waals surface area contributed by atoms with Crippen LogP contribution in [0.25, 0.3) is 0 Å². The van der Waals surface area contributed by atoms with E-state index >= 15 is 0 Å². The lowest BCUT2D eigenvalue weighted by atomic mass is 9.75. The number of nitrogens with one attached hydrogen (secondary N) is 1. The van der Waals surface area contributed by atoms with Crippen LogP contribution in [-0.4, -0.2) is 29.4 Å². The molecule has 0 radical (unpaired) electrons. The summed E-state index contributed by atoms with van der Waals surface area (Å²) < 4.78 is 5.51. The van der Waals surface area contributed by atoms with Gasteiger partial charge in [0.2, 0.25) is 5.79 Å². The maximum absolute atomic E-state index is 12.2. The van der Waals surface area contributed by atoms with Crippen LogP contribution in [-0.2, 0) is 4.74 Å². The standard InChI is InChI=1S/C16H21NO3/c18-15(12-6-2-1-3-7-12)20-16(19)10-11-17-14-9-5-4-8-13(14)16/h1-3,6-7,13-14,17,19H,4-5,8-11H2/t13-,14+,16-/m0/s1. The molecule has 0 amide bonds. The molecule has 1 saturated carbocycles. The number of aliphatic hydroxyl groups is 1. The molecule has 3 atom stereocenters. The third-order valence-electron chi connectivity index (χ3n) is 4.51. The SMILES string of the molecule is O=C(O[C@@]1(O)CCN[C@@H]2CCCC[C@@H]21)c1ccccc1. The van der Waals surface area contributed by atoms with Crippen molar-refractivity contribution in [2.24, 2.45) is 5.92 Å². The molecular weight excluding hydrogens is 254 g/mol. The molecule has 1 heterocycles. The highest BCUT2D eigenvalue weighted by Crippen LogP contribution is 2.38. The van der Waals surface area contributed by atoms with Gasteiger partial charge in [0.1, 0.15) is 0 Å². The van der Waals surface area contributed by atoms with Gasteiger partial charge in [0.15, 0.2) is 0 Å². The van der Waals surface area contributed by atoms with Crippen LogP contribution in [0, 0.1) is 5.92 Å². The largest absolute Gasteiger partial charge is 0.429 e. The van der Waals surface area contributed by atoms with Gasteiger partial charge in [0, 0.05) is 24.9 Å². The van der Waals surface area contributed by atoms with Crippen molar-refractivity contribution in [3.63, 3.8) is 0 Å². The van der Waals surface area contributed by atoms with Crippen LogP contribution >= 0.6 is 0 Å². The third-order valence-corrected chi connectivity index (χ3v) is 4.51. The van der Waals surface area contributed by atoms with E-state index in [0.717, 1.165) is 19.3 Å². The summed E-state index contributed by atoms with van der Waals surface area (Å²) in [7, 11) is 0. The summed E-state index contributed by atoms with van der Waals surface area (Å²) in [6.07, 6.45) is 4.70. The number of fused-ring (bicyclic) bond motifs is 1. The number of piperidine rings is 1. The molecule has 1 aliphatic heterocycles. The van der Waals surface area contributed by atoms with Crippen molar-refractivity contribution in [3.05, 3.63) is 35.9 Å². The van der Waals surface area contributed by atoms with Crippen molar-refractivity contribution in [1.29, 1.82) is 0 Å². The number of rotatable bonds is 2. The van der Waals surface area contributed by atoms with E-state index in [1.807, 2.05) is 6.07 Å². The van der Waals surface area contributed by atoms with Crippen LogP contribution in [0.15, 0.2) is 30.3 Å². The second kappa shape index (κ2) is 5.54. The lowest BCUT2D eigenvalue weighted by Gasteiger charge is -2.46. The fourth-order valence-corrected chi connectivity index (χ4v) is 3.46. The van der Waals surface area contributed by atoms with Gasteiger partial charge in [-0.25, -0.2) is 4.79 Å². The van der Waals surface area contributed by atoms with Gasteiger partial charge in [-0.15, -0.1) is 0 Å². The highest BCUT2D eigenvalue weighted by atomic mass is 16.7. The second-order valence-corrected chi connectivity index (χ2v) is 5.80. The first-order valence-electron chi connectivity index (χ1n) is 7.43. The van der Waals surface area contributed by atoms with Crippen molar-refractivity contribution in [1.82, 2.24) is 5.32 Å². The van der Waals surface area contributed by atoms with E-state index in [1.54, 1.807) is 24.3 Å². The van der Waals surface area contributed by atoms with E-state index in [-0.39, 0.29) is 12.0 Å². The lowest BCUT2D eigenvalue weighted by molar-refractivity contribution is -0.227. The molecule has 0 aromatic heterocycles. The fourth-order valence-electron chi connectivity index (χ4n) is 3.46. The minimum Gasteiger partial charge on any atom is -0.429 e. The Labute approximate surface area is 119 Å². The topological polar surface area (TPSA) is 58.6 Å². The average molecular weight is 275 g/mol. The van der Waals surface area contributed by atoms with Crippen molar-refractivity contribution >= 4 is 5.97 Å². The zero-order valence-electron chi connectivity index (χ0n) is 11.5.